The number of carbonyl (C=O) groups is 1. The molecule has 3 rings (SSSR count). The Morgan fingerprint density at radius 3 is 2.91 bits per heavy atom. The molecule has 0 radical (unpaired) electrons. The summed E-state index contributed by atoms with van der Waals surface area (Å²) in [6, 6.07) is 11.3. The van der Waals surface area contributed by atoms with Gasteiger partial charge < -0.3 is 15.2 Å². The highest BCUT2D eigenvalue weighted by molar-refractivity contribution is 5.93. The molecule has 2 N–H and O–H groups in total. The molecule has 0 spiro atoms. The Hall–Kier alpha value is -1.85. The second kappa shape index (κ2) is 7.96. The maximum absolute atomic E-state index is 12.1. The van der Waals surface area contributed by atoms with Crippen LogP contribution in [0.15, 0.2) is 40.9 Å². The predicted octanol–water partition coefficient (Wildman–Crippen LogP) is 2.49. The second-order valence-electron chi connectivity index (χ2n) is 5.36. The second-order valence-corrected chi connectivity index (χ2v) is 5.36. The number of nitrogens with one attached hydrogen (secondary N) is 2. The summed E-state index contributed by atoms with van der Waals surface area (Å²) in [4.78, 5) is 12.1. The Kier molecular flexibility index (Phi) is 5.98. The van der Waals surface area contributed by atoms with Crippen LogP contribution in [0.25, 0.3) is 11.3 Å². The first-order valence-corrected chi connectivity index (χ1v) is 7.34. The third-order valence-electron chi connectivity index (χ3n) is 3.75. The minimum absolute atomic E-state index is 0. The van der Waals surface area contributed by atoms with Crippen LogP contribution >= 0.6 is 12.4 Å². The normalized spacial score (nSPS) is 17.5. The largest absolute Gasteiger partial charge is 0.355 e. The molecule has 1 fully saturated rings. The van der Waals surface area contributed by atoms with E-state index in [1.54, 1.807) is 6.07 Å². The fourth-order valence-electron chi connectivity index (χ4n) is 2.55. The van der Waals surface area contributed by atoms with Gasteiger partial charge in [0.05, 0.1) is 0 Å². The van der Waals surface area contributed by atoms with Crippen LogP contribution in [0.4, 0.5) is 0 Å². The number of amides is 1. The van der Waals surface area contributed by atoms with Gasteiger partial charge in [-0.15, -0.1) is 12.4 Å². The van der Waals surface area contributed by atoms with Gasteiger partial charge in [-0.05, 0) is 31.8 Å². The number of aromatic nitrogens is 1. The van der Waals surface area contributed by atoms with E-state index in [1.807, 2.05) is 30.3 Å². The van der Waals surface area contributed by atoms with E-state index in [-0.39, 0.29) is 18.3 Å². The molecule has 1 atom stereocenters. The Labute approximate surface area is 135 Å². The van der Waals surface area contributed by atoms with E-state index in [2.05, 4.69) is 15.8 Å². The van der Waals surface area contributed by atoms with Gasteiger partial charge in [-0.2, -0.15) is 0 Å². The molecule has 1 aromatic heterocycles. The summed E-state index contributed by atoms with van der Waals surface area (Å²) in [5.41, 5.74) is 1.25. The first kappa shape index (κ1) is 16.5. The first-order valence-electron chi connectivity index (χ1n) is 7.34. The lowest BCUT2D eigenvalue weighted by atomic mass is 10.00. The van der Waals surface area contributed by atoms with Gasteiger partial charge in [0, 0.05) is 18.2 Å². The number of carbonyl (C=O) groups excluding carboxylic acids is 1. The number of halogens is 1. The molecular weight excluding hydrogens is 302 g/mol. The van der Waals surface area contributed by atoms with Crippen molar-refractivity contribution in [1.82, 2.24) is 15.8 Å². The molecule has 2 aromatic rings. The lowest BCUT2D eigenvalue weighted by molar-refractivity contribution is 0.0936. The molecule has 6 heteroatoms. The SMILES string of the molecule is Cl.O=C(NCC1CCCNC1)c1cc(-c2ccccc2)on1. The minimum Gasteiger partial charge on any atom is -0.355 e. The fourth-order valence-corrected chi connectivity index (χ4v) is 2.55. The van der Waals surface area contributed by atoms with Gasteiger partial charge in [0.2, 0.25) is 0 Å². The molecule has 1 saturated heterocycles. The number of hydrogen-bond acceptors (Lipinski definition) is 4. The Morgan fingerprint density at radius 1 is 1.36 bits per heavy atom. The van der Waals surface area contributed by atoms with E-state index in [0.717, 1.165) is 25.1 Å². The van der Waals surface area contributed by atoms with Gasteiger partial charge >= 0.3 is 0 Å². The van der Waals surface area contributed by atoms with Crippen LogP contribution in [-0.2, 0) is 0 Å². The molecule has 1 aliphatic rings. The van der Waals surface area contributed by atoms with Crippen molar-refractivity contribution < 1.29 is 9.32 Å². The van der Waals surface area contributed by atoms with Crippen molar-refractivity contribution in [1.29, 1.82) is 0 Å². The quantitative estimate of drug-likeness (QED) is 0.908. The Morgan fingerprint density at radius 2 is 2.18 bits per heavy atom. The molecule has 118 valence electrons. The number of benzene rings is 1. The van der Waals surface area contributed by atoms with Gasteiger partial charge in [-0.3, -0.25) is 4.79 Å². The zero-order valence-corrected chi connectivity index (χ0v) is 13.1. The lowest BCUT2D eigenvalue weighted by Gasteiger charge is -2.22. The number of piperidine rings is 1. The molecule has 1 aliphatic heterocycles. The highest BCUT2D eigenvalue weighted by atomic mass is 35.5. The van der Waals surface area contributed by atoms with Crippen LogP contribution in [0.1, 0.15) is 23.3 Å². The van der Waals surface area contributed by atoms with Crippen molar-refractivity contribution in [3.05, 3.63) is 42.1 Å². The van der Waals surface area contributed by atoms with Gasteiger partial charge in [0.1, 0.15) is 0 Å². The summed E-state index contributed by atoms with van der Waals surface area (Å²) in [5, 5.41) is 10.1. The molecule has 0 saturated carbocycles. The summed E-state index contributed by atoms with van der Waals surface area (Å²) >= 11 is 0. The molecule has 1 unspecified atom stereocenters. The minimum atomic E-state index is -0.175. The van der Waals surface area contributed by atoms with E-state index in [4.69, 9.17) is 4.52 Å². The van der Waals surface area contributed by atoms with E-state index in [9.17, 15) is 4.79 Å². The smallest absolute Gasteiger partial charge is 0.273 e. The predicted molar refractivity (Wildman–Crippen MR) is 87.1 cm³/mol. The van der Waals surface area contributed by atoms with E-state index >= 15 is 0 Å². The van der Waals surface area contributed by atoms with E-state index in [1.165, 1.54) is 6.42 Å². The number of rotatable bonds is 4. The van der Waals surface area contributed by atoms with Crippen LogP contribution in [-0.4, -0.2) is 30.7 Å². The van der Waals surface area contributed by atoms with Crippen molar-refractivity contribution >= 4 is 18.3 Å². The topological polar surface area (TPSA) is 67.2 Å². The molecule has 2 heterocycles. The lowest BCUT2D eigenvalue weighted by Crippen LogP contribution is -2.38. The standard InChI is InChI=1S/C16H19N3O2.ClH/c20-16(18-11-12-5-4-8-17-10-12)14-9-15(21-19-14)13-6-2-1-3-7-13;/h1-3,6-7,9,12,17H,4-5,8,10-11H2,(H,18,20);1H. The van der Waals surface area contributed by atoms with Crippen molar-refractivity contribution in [2.24, 2.45) is 5.92 Å². The molecule has 5 nitrogen and oxygen atoms in total. The number of hydrogen-bond donors (Lipinski definition) is 2. The van der Waals surface area contributed by atoms with Crippen LogP contribution < -0.4 is 10.6 Å². The molecule has 22 heavy (non-hydrogen) atoms. The van der Waals surface area contributed by atoms with Crippen LogP contribution in [0.2, 0.25) is 0 Å². The van der Waals surface area contributed by atoms with E-state index < -0.39 is 0 Å². The molecule has 0 aliphatic carbocycles. The van der Waals surface area contributed by atoms with Crippen molar-refractivity contribution in [3.63, 3.8) is 0 Å². The van der Waals surface area contributed by atoms with E-state index in [0.29, 0.717) is 23.9 Å². The first-order chi connectivity index (χ1) is 10.3. The highest BCUT2D eigenvalue weighted by Crippen LogP contribution is 2.19. The summed E-state index contributed by atoms with van der Waals surface area (Å²) in [7, 11) is 0. The zero-order chi connectivity index (χ0) is 14.5. The van der Waals surface area contributed by atoms with Gasteiger partial charge in [0.15, 0.2) is 11.5 Å². The Bertz CT molecular complexity index is 594. The highest BCUT2D eigenvalue weighted by Gasteiger charge is 2.17. The molecule has 1 amide bonds. The van der Waals surface area contributed by atoms with Gasteiger partial charge in [-0.25, -0.2) is 0 Å². The maximum atomic E-state index is 12.1. The number of nitrogens with zero attached hydrogens (tertiary/aromatic N) is 1. The van der Waals surface area contributed by atoms with Crippen LogP contribution in [0.3, 0.4) is 0 Å². The fraction of sp³-hybridized carbons (Fsp3) is 0.375. The molecular formula is C16H20ClN3O2. The van der Waals surface area contributed by atoms with Crippen molar-refractivity contribution in [3.8, 4) is 11.3 Å². The summed E-state index contributed by atoms with van der Waals surface area (Å²) < 4.78 is 5.24. The van der Waals surface area contributed by atoms with Crippen molar-refractivity contribution in [2.45, 2.75) is 12.8 Å². The monoisotopic (exact) mass is 321 g/mol. The molecule has 0 bridgehead atoms. The molecule has 1 aromatic carbocycles. The average Bonchev–Trinajstić information content (AvgIpc) is 3.04. The van der Waals surface area contributed by atoms with Gasteiger partial charge in [0.25, 0.3) is 5.91 Å². The zero-order valence-electron chi connectivity index (χ0n) is 12.2. The summed E-state index contributed by atoms with van der Waals surface area (Å²) in [6.45, 7) is 2.72. The average molecular weight is 322 g/mol. The third kappa shape index (κ3) is 4.08. The Balaban J connectivity index is 0.00000176. The van der Waals surface area contributed by atoms with Crippen LogP contribution in [0, 0.1) is 5.92 Å². The van der Waals surface area contributed by atoms with Crippen molar-refractivity contribution in [2.75, 3.05) is 19.6 Å². The van der Waals surface area contributed by atoms with Crippen LogP contribution in [0.5, 0.6) is 0 Å². The third-order valence-corrected chi connectivity index (χ3v) is 3.75. The maximum Gasteiger partial charge on any atom is 0.273 e. The summed E-state index contributed by atoms with van der Waals surface area (Å²) in [5.74, 6) is 0.940. The summed E-state index contributed by atoms with van der Waals surface area (Å²) in [6.07, 6.45) is 2.32. The van der Waals surface area contributed by atoms with Gasteiger partial charge in [-0.1, -0.05) is 35.5 Å².